The Morgan fingerprint density at radius 3 is 1.11 bits per heavy atom. The van der Waals surface area contributed by atoms with E-state index in [0.717, 1.165) is 0 Å². The predicted octanol–water partition coefficient (Wildman–Crippen LogP) is 15.6. The number of rotatable bonds is 5. The van der Waals surface area contributed by atoms with E-state index < -0.39 is 47.0 Å². The van der Waals surface area contributed by atoms with Gasteiger partial charge in [0.15, 0.2) is 5.82 Å². The largest absolute Gasteiger partial charge is 0.416 e. The third-order valence-electron chi connectivity index (χ3n) is 12.0. The third kappa shape index (κ3) is 7.90. The normalized spacial score (nSPS) is 12.7. The minimum absolute atomic E-state index is 0.0172. The number of halogens is 12. The van der Waals surface area contributed by atoms with E-state index in [1.54, 1.807) is 83.6 Å². The second kappa shape index (κ2) is 15.9. The summed E-state index contributed by atoms with van der Waals surface area (Å²) in [6, 6.07) is 30.5. The quantitative estimate of drug-likeness (QED) is 0.161. The zero-order valence-electron chi connectivity index (χ0n) is 35.9. The molecule has 0 aliphatic heterocycles. The second-order valence-electron chi connectivity index (χ2n) is 16.5. The van der Waals surface area contributed by atoms with E-state index in [4.69, 9.17) is 9.97 Å². The van der Waals surface area contributed by atoms with Gasteiger partial charge in [-0.15, -0.1) is 0 Å². The Labute approximate surface area is 387 Å². The van der Waals surface area contributed by atoms with Crippen molar-refractivity contribution < 1.29 is 52.7 Å². The number of nitriles is 1. The Bertz CT molecular complexity index is 3530. The van der Waals surface area contributed by atoms with Gasteiger partial charge in [-0.3, -0.25) is 0 Å². The van der Waals surface area contributed by atoms with E-state index in [1.165, 1.54) is 36.4 Å². The third-order valence-corrected chi connectivity index (χ3v) is 12.0. The maximum Gasteiger partial charge on any atom is 0.416 e. The number of benzene rings is 7. The molecule has 0 aliphatic rings. The predicted molar refractivity (Wildman–Crippen MR) is 239 cm³/mol. The summed E-state index contributed by atoms with van der Waals surface area (Å²) < 4.78 is 173. The monoisotopic (exact) mass is 964 g/mol. The van der Waals surface area contributed by atoms with E-state index >= 15 is 0 Å². The van der Waals surface area contributed by atoms with Crippen LogP contribution < -0.4 is 0 Å². The lowest BCUT2D eigenvalue weighted by atomic mass is 9.98. The number of aryl methyl sites for hydroxylation is 2. The highest BCUT2D eigenvalue weighted by atomic mass is 19.4. The van der Waals surface area contributed by atoms with Gasteiger partial charge >= 0.3 is 24.7 Å². The zero-order chi connectivity index (χ0) is 49.8. The van der Waals surface area contributed by atoms with Crippen LogP contribution in [0.15, 0.2) is 133 Å². The van der Waals surface area contributed by atoms with E-state index in [9.17, 15) is 57.9 Å². The number of aromatic nitrogens is 5. The smallest absolute Gasteiger partial charge is 0.308 e. The summed E-state index contributed by atoms with van der Waals surface area (Å²) in [7, 11) is 0. The van der Waals surface area contributed by atoms with Crippen molar-refractivity contribution >= 4 is 43.6 Å². The molecule has 0 aliphatic carbocycles. The first-order chi connectivity index (χ1) is 33.0. The SMILES string of the molecule is Cc1nc(C)nc(-c2c(-n3c4ccccc4c4ccc(-c5cc(C(F)(F)F)cc(C(F)(F)F)c5)cc43)cc(C#N)cc2-n2c3ccccc3c3ccc(-c4cc(C(F)(F)F)cc(C(F)(F)F)c4)cc32)n1. The molecule has 0 spiro atoms. The summed E-state index contributed by atoms with van der Waals surface area (Å²) >= 11 is 0. The van der Waals surface area contributed by atoms with Crippen molar-refractivity contribution in [3.05, 3.63) is 173 Å². The van der Waals surface area contributed by atoms with Crippen LogP contribution in [0.5, 0.6) is 0 Å². The fraction of sp³-hybridized carbons (Fsp3) is 0.115. The van der Waals surface area contributed by atoms with Crippen LogP contribution in [0, 0.1) is 25.2 Å². The topological polar surface area (TPSA) is 72.3 Å². The van der Waals surface area contributed by atoms with E-state index in [2.05, 4.69) is 11.1 Å². The fourth-order valence-corrected chi connectivity index (χ4v) is 9.05. The molecule has 0 atom stereocenters. The first-order valence-corrected chi connectivity index (χ1v) is 20.9. The van der Waals surface area contributed by atoms with E-state index in [0.29, 0.717) is 56.8 Å². The van der Waals surface area contributed by atoms with Gasteiger partial charge in [-0.1, -0.05) is 60.7 Å². The molecule has 3 aromatic heterocycles. The van der Waals surface area contributed by atoms with Gasteiger partial charge in [0, 0.05) is 21.5 Å². The van der Waals surface area contributed by atoms with E-state index in [-0.39, 0.29) is 85.4 Å². The van der Waals surface area contributed by atoms with Gasteiger partial charge in [0.05, 0.1) is 72.9 Å². The number of nitrogens with zero attached hydrogens (tertiary/aromatic N) is 6. The van der Waals surface area contributed by atoms with Crippen molar-refractivity contribution in [2.45, 2.75) is 38.6 Å². The van der Waals surface area contributed by atoms with Crippen LogP contribution in [-0.4, -0.2) is 24.1 Å². The maximum atomic E-state index is 14.1. The van der Waals surface area contributed by atoms with Crippen LogP contribution in [-0.2, 0) is 24.7 Å². The van der Waals surface area contributed by atoms with E-state index in [1.807, 2.05) is 0 Å². The molecule has 10 rings (SSSR count). The van der Waals surface area contributed by atoms with Crippen molar-refractivity contribution in [1.82, 2.24) is 24.1 Å². The summed E-state index contributed by atoms with van der Waals surface area (Å²) in [6.07, 6.45) is -20.5. The fourth-order valence-electron chi connectivity index (χ4n) is 9.05. The van der Waals surface area contributed by atoms with Gasteiger partial charge in [0.1, 0.15) is 11.6 Å². The lowest BCUT2D eigenvalue weighted by Crippen LogP contribution is -2.11. The van der Waals surface area contributed by atoms with Crippen molar-refractivity contribution in [3.63, 3.8) is 0 Å². The first-order valence-electron chi connectivity index (χ1n) is 20.9. The van der Waals surface area contributed by atoms with Gasteiger partial charge in [0.25, 0.3) is 0 Å². The molecular weight excluding hydrogens is 937 g/mol. The zero-order valence-corrected chi connectivity index (χ0v) is 35.9. The molecule has 350 valence electrons. The molecule has 0 saturated heterocycles. The molecule has 7 aromatic carbocycles. The molecule has 10 aromatic rings. The number of para-hydroxylation sites is 2. The average molecular weight is 965 g/mol. The molecule has 6 nitrogen and oxygen atoms in total. The standard InChI is InChI=1S/C52H28F12N6/c1-26-66-27(2)68-48(67-26)47-45(69-41-9-5-3-7-37(41)39-13-11-29(21-43(39)69)31-17-33(49(53,54)55)23-34(18-31)50(56,57)58)15-28(25-65)16-46(47)70-42-10-6-4-8-38(42)40-14-12-30(22-44(40)70)32-19-35(51(59,60)61)24-36(20-32)52(62,63)64/h3-24H,1-2H3. The Hall–Kier alpha value is -8.20. The molecule has 0 unspecified atom stereocenters. The summed E-state index contributed by atoms with van der Waals surface area (Å²) in [6.45, 7) is 3.21. The molecule has 0 saturated carbocycles. The van der Waals surface area contributed by atoms with Crippen LogP contribution in [0.1, 0.15) is 39.5 Å². The van der Waals surface area contributed by atoms with Crippen LogP contribution in [0.4, 0.5) is 52.7 Å². The summed E-state index contributed by atoms with van der Waals surface area (Å²) in [5.74, 6) is 0.560. The molecule has 70 heavy (non-hydrogen) atoms. The van der Waals surface area contributed by atoms with Crippen LogP contribution >= 0.6 is 0 Å². The van der Waals surface area contributed by atoms with Gasteiger partial charge in [-0.25, -0.2) is 15.0 Å². The molecule has 0 radical (unpaired) electrons. The Morgan fingerprint density at radius 1 is 0.400 bits per heavy atom. The van der Waals surface area contributed by atoms with Crippen LogP contribution in [0.25, 0.3) is 88.6 Å². The van der Waals surface area contributed by atoms with Crippen molar-refractivity contribution in [2.75, 3.05) is 0 Å². The highest BCUT2D eigenvalue weighted by Gasteiger charge is 2.39. The molecule has 3 heterocycles. The van der Waals surface area contributed by atoms with Crippen molar-refractivity contribution in [3.8, 4) is 51.1 Å². The number of hydrogen-bond acceptors (Lipinski definition) is 4. The highest BCUT2D eigenvalue weighted by Crippen LogP contribution is 2.46. The summed E-state index contributed by atoms with van der Waals surface area (Å²) in [5.41, 5.74) is -4.71. The highest BCUT2D eigenvalue weighted by molar-refractivity contribution is 6.13. The Balaban J connectivity index is 1.33. The minimum atomic E-state index is -5.13. The summed E-state index contributed by atoms with van der Waals surface area (Å²) in [5, 5.41) is 13.0. The van der Waals surface area contributed by atoms with Crippen molar-refractivity contribution in [2.24, 2.45) is 0 Å². The molecule has 0 bridgehead atoms. The van der Waals surface area contributed by atoms with Gasteiger partial charge < -0.3 is 9.13 Å². The Morgan fingerprint density at radius 2 is 0.757 bits per heavy atom. The lowest BCUT2D eigenvalue weighted by Gasteiger charge is -2.20. The molecule has 0 amide bonds. The molecule has 0 N–H and O–H groups in total. The van der Waals surface area contributed by atoms with Gasteiger partial charge in [-0.05, 0) is 109 Å². The Kier molecular flexibility index (Phi) is 10.4. The molecule has 18 heteroatoms. The van der Waals surface area contributed by atoms with Crippen LogP contribution in [0.3, 0.4) is 0 Å². The second-order valence-corrected chi connectivity index (χ2v) is 16.5. The number of alkyl halides is 12. The van der Waals surface area contributed by atoms with Crippen LogP contribution in [0.2, 0.25) is 0 Å². The molecule has 0 fully saturated rings. The van der Waals surface area contributed by atoms with Gasteiger partial charge in [-0.2, -0.15) is 57.9 Å². The van der Waals surface area contributed by atoms with Gasteiger partial charge in [0.2, 0.25) is 0 Å². The minimum Gasteiger partial charge on any atom is -0.308 e. The molecular formula is C52H28F12N6. The maximum absolute atomic E-state index is 14.1. The number of fused-ring (bicyclic) bond motifs is 6. The first kappa shape index (κ1) is 45.6. The number of hydrogen-bond donors (Lipinski definition) is 0. The summed E-state index contributed by atoms with van der Waals surface area (Å²) in [4.78, 5) is 13.8. The van der Waals surface area contributed by atoms with Crippen molar-refractivity contribution in [1.29, 1.82) is 5.26 Å². The average Bonchev–Trinajstić information content (AvgIpc) is 3.81. The lowest BCUT2D eigenvalue weighted by molar-refractivity contribution is -0.144.